The van der Waals surface area contributed by atoms with Gasteiger partial charge in [-0.05, 0) is 24.6 Å². The van der Waals surface area contributed by atoms with E-state index in [-0.39, 0.29) is 12.4 Å². The quantitative estimate of drug-likeness (QED) is 0.897. The Morgan fingerprint density at radius 3 is 2.80 bits per heavy atom. The van der Waals surface area contributed by atoms with Gasteiger partial charge in [-0.3, -0.25) is 4.79 Å². The maximum atomic E-state index is 10.5. The van der Waals surface area contributed by atoms with E-state index in [2.05, 4.69) is 21.2 Å². The smallest absolute Gasteiger partial charge is 0.320 e. The molecule has 1 atom stereocenters. The molecule has 15 heavy (non-hydrogen) atoms. The van der Waals surface area contributed by atoms with E-state index < -0.39 is 12.0 Å². The minimum Gasteiger partial charge on any atom is -0.480 e. The minimum absolute atomic E-state index is 0. The zero-order valence-electron chi connectivity index (χ0n) is 8.24. The van der Waals surface area contributed by atoms with Gasteiger partial charge in [-0.25, -0.2) is 0 Å². The number of hydrogen-bond donors (Lipinski definition) is 2. The highest BCUT2D eigenvalue weighted by Crippen LogP contribution is 2.11. The van der Waals surface area contributed by atoms with Crippen LogP contribution < -0.4 is 5.32 Å². The Bertz CT molecular complexity index is 333. The first-order chi connectivity index (χ1) is 6.59. The summed E-state index contributed by atoms with van der Waals surface area (Å²) in [6.45, 7) is 2.19. The number of benzene rings is 1. The number of carboxylic acid groups (broad SMARTS) is 1. The van der Waals surface area contributed by atoms with E-state index in [4.69, 9.17) is 5.11 Å². The highest BCUT2D eigenvalue weighted by Gasteiger charge is 2.08. The molecule has 0 aliphatic carbocycles. The molecule has 1 aromatic rings. The zero-order chi connectivity index (χ0) is 10.6. The summed E-state index contributed by atoms with van der Waals surface area (Å²) in [6.07, 6.45) is 0. The molecule has 84 valence electrons. The lowest BCUT2D eigenvalue weighted by Gasteiger charge is -2.08. The molecule has 0 bridgehead atoms. The molecule has 0 saturated heterocycles. The predicted octanol–water partition coefficient (Wildman–Crippen LogP) is 2.43. The summed E-state index contributed by atoms with van der Waals surface area (Å²) in [7, 11) is 0. The van der Waals surface area contributed by atoms with E-state index in [0.29, 0.717) is 6.54 Å². The first-order valence-electron chi connectivity index (χ1n) is 4.30. The van der Waals surface area contributed by atoms with Crippen molar-refractivity contribution in [2.24, 2.45) is 0 Å². The van der Waals surface area contributed by atoms with Crippen LogP contribution in [0.25, 0.3) is 0 Å². The maximum absolute atomic E-state index is 10.5. The Morgan fingerprint density at radius 2 is 2.27 bits per heavy atom. The van der Waals surface area contributed by atoms with Crippen molar-refractivity contribution >= 4 is 34.3 Å². The fourth-order valence-corrected chi connectivity index (χ4v) is 1.45. The van der Waals surface area contributed by atoms with Gasteiger partial charge in [0.05, 0.1) is 0 Å². The normalized spacial score (nSPS) is 11.6. The fraction of sp³-hybridized carbons (Fsp3) is 0.300. The number of halogens is 2. The molecule has 0 aliphatic rings. The molecule has 0 aromatic heterocycles. The van der Waals surface area contributed by atoms with Crippen LogP contribution in [0.5, 0.6) is 0 Å². The topological polar surface area (TPSA) is 49.3 Å². The Kier molecular flexibility index (Phi) is 6.56. The van der Waals surface area contributed by atoms with E-state index in [1.54, 1.807) is 6.92 Å². The zero-order valence-corrected chi connectivity index (χ0v) is 10.6. The van der Waals surface area contributed by atoms with Crippen LogP contribution in [0, 0.1) is 0 Å². The Morgan fingerprint density at radius 1 is 1.60 bits per heavy atom. The van der Waals surface area contributed by atoms with Gasteiger partial charge in [0.2, 0.25) is 0 Å². The minimum atomic E-state index is -0.833. The third kappa shape index (κ3) is 5.16. The third-order valence-electron chi connectivity index (χ3n) is 1.87. The van der Waals surface area contributed by atoms with Crippen molar-refractivity contribution in [3.05, 3.63) is 34.3 Å². The van der Waals surface area contributed by atoms with Gasteiger partial charge in [0.15, 0.2) is 0 Å². The molecule has 0 aliphatic heterocycles. The predicted molar refractivity (Wildman–Crippen MR) is 65.3 cm³/mol. The molecule has 3 nitrogen and oxygen atoms in total. The molecule has 5 heteroatoms. The number of hydrogen-bond acceptors (Lipinski definition) is 2. The molecule has 1 aromatic carbocycles. The van der Waals surface area contributed by atoms with Crippen molar-refractivity contribution in [2.45, 2.75) is 19.5 Å². The summed E-state index contributed by atoms with van der Waals surface area (Å²) in [5.74, 6) is -0.833. The molecule has 1 rings (SSSR count). The Hall–Kier alpha value is -0.580. The van der Waals surface area contributed by atoms with Crippen molar-refractivity contribution in [1.82, 2.24) is 5.32 Å². The van der Waals surface area contributed by atoms with E-state index in [1.807, 2.05) is 24.3 Å². The van der Waals surface area contributed by atoms with Crippen LogP contribution in [-0.2, 0) is 11.3 Å². The van der Waals surface area contributed by atoms with Crippen LogP contribution in [-0.4, -0.2) is 17.1 Å². The fourth-order valence-electron chi connectivity index (χ4n) is 1.01. The molecule has 0 saturated carbocycles. The monoisotopic (exact) mass is 293 g/mol. The summed E-state index contributed by atoms with van der Waals surface area (Å²) in [5, 5.41) is 11.5. The maximum Gasteiger partial charge on any atom is 0.320 e. The van der Waals surface area contributed by atoms with Gasteiger partial charge in [-0.2, -0.15) is 0 Å². The third-order valence-corrected chi connectivity index (χ3v) is 2.37. The molecule has 1 unspecified atom stereocenters. The van der Waals surface area contributed by atoms with E-state index >= 15 is 0 Å². The van der Waals surface area contributed by atoms with Crippen LogP contribution in [0.4, 0.5) is 0 Å². The van der Waals surface area contributed by atoms with Gasteiger partial charge in [0.1, 0.15) is 6.04 Å². The molecular formula is C10H13BrClNO2. The van der Waals surface area contributed by atoms with Crippen LogP contribution in [0.1, 0.15) is 12.5 Å². The number of carbonyl (C=O) groups is 1. The van der Waals surface area contributed by atoms with Crippen molar-refractivity contribution in [3.8, 4) is 0 Å². The largest absolute Gasteiger partial charge is 0.480 e. The second-order valence-electron chi connectivity index (χ2n) is 3.07. The molecule has 0 fully saturated rings. The molecule has 0 amide bonds. The SMILES string of the molecule is CC(NCc1cccc(Br)c1)C(=O)O.Cl. The van der Waals surface area contributed by atoms with Crippen LogP contribution in [0.15, 0.2) is 28.7 Å². The average Bonchev–Trinajstić information content (AvgIpc) is 2.14. The van der Waals surface area contributed by atoms with Gasteiger partial charge in [0, 0.05) is 11.0 Å². The second kappa shape index (κ2) is 6.82. The lowest BCUT2D eigenvalue weighted by Crippen LogP contribution is -2.33. The number of nitrogens with one attached hydrogen (secondary N) is 1. The Labute approximate surface area is 103 Å². The average molecular weight is 295 g/mol. The molecule has 0 spiro atoms. The summed E-state index contributed by atoms with van der Waals surface area (Å²) in [6, 6.07) is 7.25. The first kappa shape index (κ1) is 14.4. The number of aliphatic carboxylic acids is 1. The van der Waals surface area contributed by atoms with Gasteiger partial charge < -0.3 is 10.4 Å². The summed E-state index contributed by atoms with van der Waals surface area (Å²) in [4.78, 5) is 10.5. The standard InChI is InChI=1S/C10H12BrNO2.ClH/c1-7(10(13)14)12-6-8-3-2-4-9(11)5-8;/h2-5,7,12H,6H2,1H3,(H,13,14);1H. The molecular weight excluding hydrogens is 281 g/mol. The van der Waals surface area contributed by atoms with Crippen LogP contribution >= 0.6 is 28.3 Å². The van der Waals surface area contributed by atoms with Crippen LogP contribution in [0.2, 0.25) is 0 Å². The van der Waals surface area contributed by atoms with Crippen molar-refractivity contribution in [2.75, 3.05) is 0 Å². The van der Waals surface area contributed by atoms with Gasteiger partial charge in [-0.15, -0.1) is 12.4 Å². The number of carboxylic acids is 1. The lowest BCUT2D eigenvalue weighted by atomic mass is 10.2. The van der Waals surface area contributed by atoms with Crippen LogP contribution in [0.3, 0.4) is 0 Å². The first-order valence-corrected chi connectivity index (χ1v) is 5.09. The van der Waals surface area contributed by atoms with E-state index in [0.717, 1.165) is 10.0 Å². The molecule has 0 heterocycles. The summed E-state index contributed by atoms with van der Waals surface area (Å²) < 4.78 is 1.000. The van der Waals surface area contributed by atoms with Crippen molar-refractivity contribution in [3.63, 3.8) is 0 Å². The second-order valence-corrected chi connectivity index (χ2v) is 3.99. The molecule has 2 N–H and O–H groups in total. The lowest BCUT2D eigenvalue weighted by molar-refractivity contribution is -0.139. The van der Waals surface area contributed by atoms with Crippen molar-refractivity contribution < 1.29 is 9.90 Å². The Balaban J connectivity index is 0.00000196. The highest BCUT2D eigenvalue weighted by molar-refractivity contribution is 9.10. The molecule has 0 radical (unpaired) electrons. The van der Waals surface area contributed by atoms with Gasteiger partial charge >= 0.3 is 5.97 Å². The van der Waals surface area contributed by atoms with E-state index in [1.165, 1.54) is 0 Å². The van der Waals surface area contributed by atoms with Crippen molar-refractivity contribution in [1.29, 1.82) is 0 Å². The number of rotatable bonds is 4. The van der Waals surface area contributed by atoms with E-state index in [9.17, 15) is 4.79 Å². The summed E-state index contributed by atoms with van der Waals surface area (Å²) in [5.41, 5.74) is 1.06. The van der Waals surface area contributed by atoms with Gasteiger partial charge in [0.25, 0.3) is 0 Å². The summed E-state index contributed by atoms with van der Waals surface area (Å²) >= 11 is 3.35. The highest BCUT2D eigenvalue weighted by atomic mass is 79.9. The van der Waals surface area contributed by atoms with Gasteiger partial charge in [-0.1, -0.05) is 28.1 Å².